The van der Waals surface area contributed by atoms with Gasteiger partial charge in [-0.25, -0.2) is 19.6 Å². The molecular formula is C22H26N6O7S. The highest BCUT2D eigenvalue weighted by atomic mass is 32.1. The number of hydrogen-bond acceptors (Lipinski definition) is 10. The van der Waals surface area contributed by atoms with Crippen LogP contribution in [-0.2, 0) is 20.9 Å². The fourth-order valence-corrected chi connectivity index (χ4v) is 3.21. The minimum atomic E-state index is -1.36. The van der Waals surface area contributed by atoms with Crippen LogP contribution in [0, 0.1) is 0 Å². The molecule has 0 radical (unpaired) electrons. The van der Waals surface area contributed by atoms with Gasteiger partial charge in [0.25, 0.3) is 5.91 Å². The minimum absolute atomic E-state index is 0.124. The first-order valence-electron chi connectivity index (χ1n) is 10.7. The summed E-state index contributed by atoms with van der Waals surface area (Å²) >= 11 is 3.84. The summed E-state index contributed by atoms with van der Waals surface area (Å²) in [5.74, 6) is -3.68. The number of benzene rings is 1. The lowest BCUT2D eigenvalue weighted by atomic mass is 10.1. The van der Waals surface area contributed by atoms with Crippen LogP contribution in [0.4, 0.5) is 11.5 Å². The van der Waals surface area contributed by atoms with E-state index in [4.69, 9.17) is 5.11 Å². The molecule has 0 saturated heterocycles. The van der Waals surface area contributed by atoms with Crippen molar-refractivity contribution in [2.24, 2.45) is 0 Å². The second-order valence-corrected chi connectivity index (χ2v) is 7.80. The zero-order valence-corrected chi connectivity index (χ0v) is 20.1. The second-order valence-electron chi connectivity index (χ2n) is 7.44. The predicted octanol–water partition coefficient (Wildman–Crippen LogP) is 0.405. The smallest absolute Gasteiger partial charge is 0.327 e. The van der Waals surface area contributed by atoms with E-state index >= 15 is 0 Å². The van der Waals surface area contributed by atoms with Gasteiger partial charge in [0.15, 0.2) is 12.1 Å². The number of amides is 2. The van der Waals surface area contributed by atoms with E-state index in [1.54, 1.807) is 19.2 Å². The summed E-state index contributed by atoms with van der Waals surface area (Å²) in [6.07, 6.45) is 1.57. The molecule has 0 spiro atoms. The fraction of sp³-hybridized carbons (Fsp3) is 0.318. The number of hydrogen-bond donors (Lipinski definition) is 7. The molecule has 0 aliphatic carbocycles. The second kappa shape index (κ2) is 13.6. The third-order valence-electron chi connectivity index (χ3n) is 4.90. The number of carbonyl (C=O) groups is 5. The largest absolute Gasteiger partial charge is 0.480 e. The zero-order chi connectivity index (χ0) is 26.7. The van der Waals surface area contributed by atoms with Gasteiger partial charge in [0.1, 0.15) is 17.8 Å². The molecule has 1 aromatic carbocycles. The molecule has 192 valence electrons. The normalized spacial score (nSPS) is 12.1. The van der Waals surface area contributed by atoms with Crippen LogP contribution >= 0.6 is 12.6 Å². The average Bonchev–Trinajstić information content (AvgIpc) is 2.87. The Bertz CT molecular complexity index is 1110. The lowest BCUT2D eigenvalue weighted by Gasteiger charge is -2.16. The number of thiol groups is 1. The highest BCUT2D eigenvalue weighted by Crippen LogP contribution is 2.13. The number of nitrogens with one attached hydrogen (secondary N) is 4. The molecule has 1 aromatic heterocycles. The van der Waals surface area contributed by atoms with E-state index in [-0.39, 0.29) is 36.4 Å². The van der Waals surface area contributed by atoms with Crippen LogP contribution in [0.2, 0.25) is 0 Å². The molecule has 36 heavy (non-hydrogen) atoms. The van der Waals surface area contributed by atoms with Gasteiger partial charge >= 0.3 is 11.9 Å². The number of carboxylic acid groups (broad SMARTS) is 2. The summed E-state index contributed by atoms with van der Waals surface area (Å²) in [7, 11) is 1.63. The van der Waals surface area contributed by atoms with Gasteiger partial charge < -0.3 is 31.5 Å². The monoisotopic (exact) mass is 518 g/mol. The molecule has 13 nitrogen and oxygen atoms in total. The maximum Gasteiger partial charge on any atom is 0.327 e. The number of carbonyl (C=O) groups excluding carboxylic acids is 3. The van der Waals surface area contributed by atoms with Crippen LogP contribution in [-0.4, -0.2) is 75.1 Å². The maximum atomic E-state index is 12.5. The summed E-state index contributed by atoms with van der Waals surface area (Å²) in [6.45, 7) is 0.266. The summed E-state index contributed by atoms with van der Waals surface area (Å²) in [4.78, 5) is 66.3. The standard InChI is InChI=1S/C22H26N6O7S/c1-23-19-16(10-29)26-14(9-25-19)8-24-13-4-2-12(3-5-13)20(31)28-15(21(32)33)6-7-18(30)27-17(11-36)22(34)35/h2-5,9-10,15,17,24,36H,6-8,11H2,1H3,(H,23,25)(H,27,30)(H,28,31)(H,32,33)(H,34,35)/t15-,17?/m0/s1. The van der Waals surface area contributed by atoms with Crippen molar-refractivity contribution >= 4 is 54.2 Å². The Labute approximate surface area is 211 Å². The maximum absolute atomic E-state index is 12.5. The number of rotatable bonds is 14. The van der Waals surface area contributed by atoms with Crippen molar-refractivity contribution in [2.45, 2.75) is 31.5 Å². The first kappa shape index (κ1) is 28.0. The van der Waals surface area contributed by atoms with Gasteiger partial charge in [-0.3, -0.25) is 14.4 Å². The molecule has 0 fully saturated rings. The quantitative estimate of drug-likeness (QED) is 0.135. The van der Waals surface area contributed by atoms with E-state index in [1.165, 1.54) is 18.3 Å². The van der Waals surface area contributed by atoms with E-state index in [0.29, 0.717) is 23.5 Å². The molecule has 14 heteroatoms. The van der Waals surface area contributed by atoms with Gasteiger partial charge in [0, 0.05) is 30.5 Å². The van der Waals surface area contributed by atoms with Crippen molar-refractivity contribution in [3.63, 3.8) is 0 Å². The Balaban J connectivity index is 1.92. The van der Waals surface area contributed by atoms with Gasteiger partial charge in [-0.05, 0) is 30.7 Å². The highest BCUT2D eigenvalue weighted by molar-refractivity contribution is 7.80. The average molecular weight is 519 g/mol. The molecule has 6 N–H and O–H groups in total. The molecule has 0 aliphatic heterocycles. The summed E-state index contributed by atoms with van der Waals surface area (Å²) in [5, 5.41) is 28.8. The van der Waals surface area contributed by atoms with Gasteiger partial charge in [0.05, 0.1) is 18.4 Å². The van der Waals surface area contributed by atoms with Crippen LogP contribution < -0.4 is 21.3 Å². The molecule has 2 amide bonds. The Morgan fingerprint density at radius 1 is 1.06 bits per heavy atom. The van der Waals surface area contributed by atoms with Crippen LogP contribution in [0.1, 0.15) is 39.4 Å². The lowest BCUT2D eigenvalue weighted by Crippen LogP contribution is -2.44. The van der Waals surface area contributed by atoms with Crippen LogP contribution in [0.15, 0.2) is 30.5 Å². The predicted molar refractivity (Wildman–Crippen MR) is 132 cm³/mol. The Morgan fingerprint density at radius 2 is 1.72 bits per heavy atom. The minimum Gasteiger partial charge on any atom is -0.480 e. The number of aromatic nitrogens is 2. The van der Waals surface area contributed by atoms with Crippen LogP contribution in [0.3, 0.4) is 0 Å². The fourth-order valence-electron chi connectivity index (χ4n) is 2.96. The van der Waals surface area contributed by atoms with Gasteiger partial charge in [-0.1, -0.05) is 0 Å². The summed E-state index contributed by atoms with van der Waals surface area (Å²) < 4.78 is 0. The van der Waals surface area contributed by atoms with Crippen molar-refractivity contribution in [3.05, 3.63) is 47.4 Å². The van der Waals surface area contributed by atoms with E-state index < -0.39 is 35.8 Å². The number of carboxylic acids is 2. The number of nitrogens with zero attached hydrogens (tertiary/aromatic N) is 2. The highest BCUT2D eigenvalue weighted by Gasteiger charge is 2.23. The molecule has 1 heterocycles. The van der Waals surface area contributed by atoms with Crippen molar-refractivity contribution < 1.29 is 34.2 Å². The van der Waals surface area contributed by atoms with E-state index in [9.17, 15) is 29.1 Å². The summed E-state index contributed by atoms with van der Waals surface area (Å²) in [5.41, 5.74) is 1.54. The molecule has 0 saturated carbocycles. The van der Waals surface area contributed by atoms with Gasteiger partial charge in [-0.15, -0.1) is 0 Å². The Kier molecular flexibility index (Phi) is 10.6. The van der Waals surface area contributed by atoms with E-state index in [2.05, 4.69) is 43.9 Å². The lowest BCUT2D eigenvalue weighted by molar-refractivity contribution is -0.142. The van der Waals surface area contributed by atoms with Crippen molar-refractivity contribution in [1.29, 1.82) is 0 Å². The third-order valence-corrected chi connectivity index (χ3v) is 5.26. The number of aldehydes is 1. The molecule has 1 unspecified atom stereocenters. The zero-order valence-electron chi connectivity index (χ0n) is 19.2. The van der Waals surface area contributed by atoms with Crippen molar-refractivity contribution in [2.75, 3.05) is 23.4 Å². The van der Waals surface area contributed by atoms with Crippen molar-refractivity contribution in [3.8, 4) is 0 Å². The number of aliphatic carboxylic acids is 2. The Hall–Kier alpha value is -4.20. The summed E-state index contributed by atoms with van der Waals surface area (Å²) in [6, 6.07) is 3.64. The molecular weight excluding hydrogens is 492 g/mol. The third kappa shape index (κ3) is 8.23. The van der Waals surface area contributed by atoms with E-state index in [1.807, 2.05) is 0 Å². The van der Waals surface area contributed by atoms with Gasteiger partial charge in [0.2, 0.25) is 5.91 Å². The topological polar surface area (TPSA) is 200 Å². The molecule has 0 aliphatic rings. The van der Waals surface area contributed by atoms with Crippen LogP contribution in [0.25, 0.3) is 0 Å². The first-order chi connectivity index (χ1) is 17.2. The molecule has 2 rings (SSSR count). The van der Waals surface area contributed by atoms with Crippen LogP contribution in [0.5, 0.6) is 0 Å². The first-order valence-corrected chi connectivity index (χ1v) is 11.3. The molecule has 0 bridgehead atoms. The Morgan fingerprint density at radius 3 is 2.28 bits per heavy atom. The van der Waals surface area contributed by atoms with Gasteiger partial charge in [-0.2, -0.15) is 12.6 Å². The number of anilines is 2. The van der Waals surface area contributed by atoms with Crippen molar-refractivity contribution in [1.82, 2.24) is 20.6 Å². The molecule has 2 aromatic rings. The SMILES string of the molecule is CNc1ncc(CNc2ccc(C(=O)N[C@@H](CCC(=O)NC(CS)C(=O)O)C(=O)O)cc2)nc1C=O. The van der Waals surface area contributed by atoms with E-state index in [0.717, 1.165) is 0 Å². The molecule has 2 atom stereocenters.